The Kier molecular flexibility index (Phi) is 4.84. The van der Waals surface area contributed by atoms with E-state index in [0.29, 0.717) is 18.2 Å². The van der Waals surface area contributed by atoms with Gasteiger partial charge in [-0.15, -0.1) is 11.3 Å². The smallest absolute Gasteiger partial charge is 0.239 e. The number of hydrogen-bond acceptors (Lipinski definition) is 4. The quantitative estimate of drug-likeness (QED) is 0.863. The lowest BCUT2D eigenvalue weighted by Crippen LogP contribution is -2.35. The highest BCUT2D eigenvalue weighted by atomic mass is 35.5. The largest absolute Gasteiger partial charge is 0.355 e. The van der Waals surface area contributed by atoms with Crippen molar-refractivity contribution in [3.8, 4) is 0 Å². The van der Waals surface area contributed by atoms with Crippen molar-refractivity contribution in [1.82, 2.24) is 10.3 Å². The molecule has 6 heteroatoms. The van der Waals surface area contributed by atoms with E-state index in [1.54, 1.807) is 10.3 Å². The summed E-state index contributed by atoms with van der Waals surface area (Å²) in [5, 5.41) is 5.77. The zero-order chi connectivity index (χ0) is 11.3. The zero-order valence-corrected chi connectivity index (χ0v) is 10.4. The Morgan fingerprint density at radius 1 is 1.73 bits per heavy atom. The third kappa shape index (κ3) is 4.05. The molecule has 84 valence electrons. The van der Waals surface area contributed by atoms with Crippen molar-refractivity contribution >= 4 is 34.0 Å². The van der Waals surface area contributed by atoms with Crippen molar-refractivity contribution in [2.45, 2.75) is 13.3 Å². The molecule has 0 aliphatic heterocycles. The Morgan fingerprint density at radius 3 is 3.00 bits per heavy atom. The lowest BCUT2D eigenvalue weighted by atomic mass is 10.4. The van der Waals surface area contributed by atoms with Gasteiger partial charge in [0.25, 0.3) is 0 Å². The Labute approximate surface area is 98.3 Å². The van der Waals surface area contributed by atoms with E-state index in [1.165, 1.54) is 11.3 Å². The van der Waals surface area contributed by atoms with E-state index in [4.69, 9.17) is 11.6 Å². The van der Waals surface area contributed by atoms with Gasteiger partial charge in [0.1, 0.15) is 5.15 Å². The number of rotatable bonds is 5. The van der Waals surface area contributed by atoms with Crippen LogP contribution in [0, 0.1) is 0 Å². The van der Waals surface area contributed by atoms with Crippen molar-refractivity contribution in [3.63, 3.8) is 0 Å². The summed E-state index contributed by atoms with van der Waals surface area (Å²) >= 11 is 7.12. The van der Waals surface area contributed by atoms with Crippen LogP contribution < -0.4 is 10.2 Å². The number of anilines is 1. The summed E-state index contributed by atoms with van der Waals surface area (Å²) in [6, 6.07) is 0. The van der Waals surface area contributed by atoms with Gasteiger partial charge in [-0.3, -0.25) is 4.79 Å². The summed E-state index contributed by atoms with van der Waals surface area (Å²) in [4.78, 5) is 17.2. The van der Waals surface area contributed by atoms with Gasteiger partial charge < -0.3 is 10.2 Å². The van der Waals surface area contributed by atoms with Crippen LogP contribution in [0.25, 0.3) is 0 Å². The Hall–Kier alpha value is -0.810. The van der Waals surface area contributed by atoms with E-state index < -0.39 is 0 Å². The Bertz CT molecular complexity index is 329. The van der Waals surface area contributed by atoms with Crippen molar-refractivity contribution < 1.29 is 4.79 Å². The standard InChI is InChI=1S/C9H14ClN3OS/c1-3-4-11-8(14)5-13(2)9-12-7(10)6-15-9/h6H,3-5H2,1-2H3,(H,11,14). The predicted molar refractivity (Wildman–Crippen MR) is 63.7 cm³/mol. The number of aromatic nitrogens is 1. The molecule has 0 radical (unpaired) electrons. The van der Waals surface area contributed by atoms with Gasteiger partial charge in [0.15, 0.2) is 5.13 Å². The molecule has 0 saturated heterocycles. The molecule has 1 rings (SSSR count). The average molecular weight is 248 g/mol. The second kappa shape index (κ2) is 5.92. The molecule has 0 aliphatic rings. The molecule has 1 heterocycles. The molecular formula is C9H14ClN3OS. The molecule has 15 heavy (non-hydrogen) atoms. The number of carbonyl (C=O) groups excluding carboxylic acids is 1. The molecule has 1 N–H and O–H groups in total. The van der Waals surface area contributed by atoms with Crippen LogP contribution in [0.3, 0.4) is 0 Å². The second-order valence-corrected chi connectivity index (χ2v) is 4.38. The number of carbonyl (C=O) groups is 1. The van der Waals surface area contributed by atoms with Gasteiger partial charge in [-0.05, 0) is 6.42 Å². The summed E-state index contributed by atoms with van der Waals surface area (Å²) in [5.41, 5.74) is 0. The topological polar surface area (TPSA) is 45.2 Å². The van der Waals surface area contributed by atoms with Crippen molar-refractivity contribution in [2.75, 3.05) is 25.0 Å². The maximum absolute atomic E-state index is 11.4. The van der Waals surface area contributed by atoms with Gasteiger partial charge in [-0.2, -0.15) is 0 Å². The minimum Gasteiger partial charge on any atom is -0.355 e. The predicted octanol–water partition coefficient (Wildman–Crippen LogP) is 1.76. The first-order chi connectivity index (χ1) is 7.13. The van der Waals surface area contributed by atoms with Crippen LogP contribution in [0.2, 0.25) is 5.15 Å². The summed E-state index contributed by atoms with van der Waals surface area (Å²) < 4.78 is 0. The molecule has 0 spiro atoms. The molecule has 4 nitrogen and oxygen atoms in total. The maximum Gasteiger partial charge on any atom is 0.239 e. The number of nitrogens with one attached hydrogen (secondary N) is 1. The third-order valence-electron chi connectivity index (χ3n) is 1.74. The first-order valence-corrected chi connectivity index (χ1v) is 5.98. The molecule has 0 aromatic carbocycles. The van der Waals surface area contributed by atoms with E-state index in [0.717, 1.165) is 11.6 Å². The minimum atomic E-state index is 0.00525. The lowest BCUT2D eigenvalue weighted by Gasteiger charge is -2.14. The normalized spacial score (nSPS) is 10.1. The maximum atomic E-state index is 11.4. The molecule has 0 fully saturated rings. The van der Waals surface area contributed by atoms with Crippen LogP contribution in [0.5, 0.6) is 0 Å². The zero-order valence-electron chi connectivity index (χ0n) is 8.79. The minimum absolute atomic E-state index is 0.00525. The number of nitrogens with zero attached hydrogens (tertiary/aromatic N) is 2. The molecule has 0 aliphatic carbocycles. The van der Waals surface area contributed by atoms with Crippen LogP contribution in [0.15, 0.2) is 5.38 Å². The van der Waals surface area contributed by atoms with Crippen molar-refractivity contribution in [3.05, 3.63) is 10.5 Å². The molecule has 0 bridgehead atoms. The molecule has 0 unspecified atom stereocenters. The summed E-state index contributed by atoms with van der Waals surface area (Å²) in [7, 11) is 1.82. The number of likely N-dealkylation sites (N-methyl/N-ethyl adjacent to an activating group) is 1. The molecule has 1 aromatic rings. The van der Waals surface area contributed by atoms with E-state index in [9.17, 15) is 4.79 Å². The Morgan fingerprint density at radius 2 is 2.47 bits per heavy atom. The third-order valence-corrected chi connectivity index (χ3v) is 3.02. The van der Waals surface area contributed by atoms with Crippen LogP contribution in [-0.2, 0) is 4.79 Å². The number of amides is 1. The van der Waals surface area contributed by atoms with Crippen molar-refractivity contribution in [2.24, 2.45) is 0 Å². The highest BCUT2D eigenvalue weighted by Crippen LogP contribution is 2.21. The molecular weight excluding hydrogens is 234 g/mol. The van der Waals surface area contributed by atoms with Crippen LogP contribution in [0.4, 0.5) is 5.13 Å². The summed E-state index contributed by atoms with van der Waals surface area (Å²) in [6.07, 6.45) is 0.943. The second-order valence-electron chi connectivity index (χ2n) is 3.16. The molecule has 0 saturated carbocycles. The summed E-state index contributed by atoms with van der Waals surface area (Å²) in [6.45, 7) is 3.04. The monoisotopic (exact) mass is 247 g/mol. The van der Waals surface area contributed by atoms with Gasteiger partial charge in [0, 0.05) is 19.0 Å². The molecule has 0 atom stereocenters. The SMILES string of the molecule is CCCNC(=O)CN(C)c1nc(Cl)cs1. The number of hydrogen-bond donors (Lipinski definition) is 1. The lowest BCUT2D eigenvalue weighted by molar-refractivity contribution is -0.119. The van der Waals surface area contributed by atoms with E-state index >= 15 is 0 Å². The average Bonchev–Trinajstić information content (AvgIpc) is 2.61. The van der Waals surface area contributed by atoms with E-state index in [-0.39, 0.29) is 5.91 Å². The van der Waals surface area contributed by atoms with E-state index in [1.807, 2.05) is 14.0 Å². The highest BCUT2D eigenvalue weighted by Gasteiger charge is 2.09. The highest BCUT2D eigenvalue weighted by molar-refractivity contribution is 7.14. The van der Waals surface area contributed by atoms with Crippen LogP contribution >= 0.6 is 22.9 Å². The molecule has 1 amide bonds. The number of thiazole rings is 1. The van der Waals surface area contributed by atoms with Crippen molar-refractivity contribution in [1.29, 1.82) is 0 Å². The first-order valence-electron chi connectivity index (χ1n) is 4.72. The van der Waals surface area contributed by atoms with E-state index in [2.05, 4.69) is 10.3 Å². The van der Waals surface area contributed by atoms with Crippen LogP contribution in [-0.4, -0.2) is 31.0 Å². The van der Waals surface area contributed by atoms with Gasteiger partial charge in [0.05, 0.1) is 6.54 Å². The fraction of sp³-hybridized carbons (Fsp3) is 0.556. The fourth-order valence-electron chi connectivity index (χ4n) is 1.02. The summed E-state index contributed by atoms with van der Waals surface area (Å²) in [5.74, 6) is 0.00525. The van der Waals surface area contributed by atoms with Gasteiger partial charge >= 0.3 is 0 Å². The first kappa shape index (κ1) is 12.3. The number of halogens is 1. The van der Waals surface area contributed by atoms with Gasteiger partial charge in [0.2, 0.25) is 5.91 Å². The molecule has 1 aromatic heterocycles. The van der Waals surface area contributed by atoms with Crippen LogP contribution in [0.1, 0.15) is 13.3 Å². The van der Waals surface area contributed by atoms with Gasteiger partial charge in [-0.1, -0.05) is 18.5 Å². The van der Waals surface area contributed by atoms with Gasteiger partial charge in [-0.25, -0.2) is 4.98 Å². The Balaban J connectivity index is 2.41. The fourth-order valence-corrected chi connectivity index (χ4v) is 1.94.